The Kier molecular flexibility index (Phi) is 3.28. The van der Waals surface area contributed by atoms with Crippen LogP contribution in [0.15, 0.2) is 12.3 Å². The fourth-order valence-electron chi connectivity index (χ4n) is 2.11. The number of hydrogen-bond donors (Lipinski definition) is 0. The first-order chi connectivity index (χ1) is 6.37. The first-order valence-electron chi connectivity index (χ1n) is 5.81. The molecule has 82 valence electrons. The van der Waals surface area contributed by atoms with E-state index in [9.17, 15) is 0 Å². The molecule has 1 heteroatoms. The van der Waals surface area contributed by atoms with Crippen LogP contribution in [-0.4, -0.2) is 17.5 Å². The lowest BCUT2D eigenvalue weighted by atomic mass is 9.75. The summed E-state index contributed by atoms with van der Waals surface area (Å²) >= 11 is 0. The molecule has 0 aromatic carbocycles. The molecule has 0 spiro atoms. The van der Waals surface area contributed by atoms with E-state index in [4.69, 9.17) is 0 Å². The zero-order valence-corrected chi connectivity index (χ0v) is 10.4. The Morgan fingerprint density at radius 3 is 2.21 bits per heavy atom. The summed E-state index contributed by atoms with van der Waals surface area (Å²) in [7, 11) is 0. The highest BCUT2D eigenvalue weighted by molar-refractivity contribution is 5.04. The van der Waals surface area contributed by atoms with Gasteiger partial charge in [-0.15, -0.1) is 0 Å². The van der Waals surface area contributed by atoms with Gasteiger partial charge in [0.1, 0.15) is 0 Å². The van der Waals surface area contributed by atoms with Crippen molar-refractivity contribution in [2.24, 2.45) is 11.3 Å². The first-order valence-corrected chi connectivity index (χ1v) is 5.81. The predicted octanol–water partition coefficient (Wildman–Crippen LogP) is 3.67. The smallest absolute Gasteiger partial charge is 0.0311 e. The molecule has 1 heterocycles. The molecule has 0 N–H and O–H groups in total. The molecule has 1 nitrogen and oxygen atoms in total. The lowest BCUT2D eigenvalue weighted by molar-refractivity contribution is 0.0999. The number of hydrogen-bond acceptors (Lipinski definition) is 1. The minimum absolute atomic E-state index is 0.368. The molecule has 0 aromatic rings. The maximum atomic E-state index is 4.16. The summed E-state index contributed by atoms with van der Waals surface area (Å²) in [5, 5.41) is 0. The average Bonchev–Trinajstić information content (AvgIpc) is 2.49. The Morgan fingerprint density at radius 2 is 1.86 bits per heavy atom. The Labute approximate surface area is 89.2 Å². The largest absolute Gasteiger partial charge is 0.372 e. The van der Waals surface area contributed by atoms with Crippen molar-refractivity contribution in [1.29, 1.82) is 0 Å². The lowest BCUT2D eigenvalue weighted by Gasteiger charge is -2.42. The summed E-state index contributed by atoms with van der Waals surface area (Å²) in [5.74, 6) is 0.714. The van der Waals surface area contributed by atoms with Crippen molar-refractivity contribution in [2.45, 2.75) is 53.5 Å². The second-order valence-corrected chi connectivity index (χ2v) is 5.52. The number of nitrogens with zero attached hydrogens (tertiary/aromatic N) is 1. The average molecular weight is 195 g/mol. The van der Waals surface area contributed by atoms with Crippen molar-refractivity contribution >= 4 is 0 Å². The maximum absolute atomic E-state index is 4.16. The van der Waals surface area contributed by atoms with Crippen LogP contribution in [0.5, 0.6) is 0 Å². The molecule has 0 aliphatic carbocycles. The second kappa shape index (κ2) is 3.96. The minimum Gasteiger partial charge on any atom is -0.372 e. The molecule has 1 aliphatic heterocycles. The third-order valence-corrected chi connectivity index (χ3v) is 4.30. The quantitative estimate of drug-likeness (QED) is 0.664. The molecule has 0 aromatic heterocycles. The van der Waals surface area contributed by atoms with Gasteiger partial charge in [0.2, 0.25) is 0 Å². The molecule has 1 saturated heterocycles. The summed E-state index contributed by atoms with van der Waals surface area (Å²) in [6, 6.07) is 0.609. The van der Waals surface area contributed by atoms with E-state index >= 15 is 0 Å². The highest BCUT2D eigenvalue weighted by atomic mass is 15.2. The lowest BCUT2D eigenvalue weighted by Crippen LogP contribution is -2.43. The van der Waals surface area contributed by atoms with Gasteiger partial charge in [-0.05, 0) is 31.1 Å². The maximum Gasteiger partial charge on any atom is 0.0311 e. The highest BCUT2D eigenvalue weighted by Crippen LogP contribution is 2.37. The fraction of sp³-hybridized carbons (Fsp3) is 0.846. The molecule has 0 radical (unpaired) electrons. The first kappa shape index (κ1) is 11.6. The van der Waals surface area contributed by atoms with Crippen molar-refractivity contribution in [1.82, 2.24) is 4.90 Å². The van der Waals surface area contributed by atoms with Crippen LogP contribution in [0.3, 0.4) is 0 Å². The molecule has 0 saturated carbocycles. The van der Waals surface area contributed by atoms with E-state index in [0.29, 0.717) is 17.4 Å². The van der Waals surface area contributed by atoms with E-state index in [1.807, 2.05) is 0 Å². The Hall–Kier alpha value is -0.460. The monoisotopic (exact) mass is 195 g/mol. The standard InChI is InChI=1S/C13H25N/c1-10(2)13(5,6)12(4)14-9-7-8-11(14)3/h10,12H,3,7-9H2,1-2,4-6H3. The summed E-state index contributed by atoms with van der Waals surface area (Å²) in [4.78, 5) is 2.50. The summed E-state index contributed by atoms with van der Waals surface area (Å²) < 4.78 is 0. The molecule has 0 amide bonds. The molecule has 1 fully saturated rings. The Morgan fingerprint density at radius 1 is 1.29 bits per heavy atom. The molecule has 1 atom stereocenters. The normalized spacial score (nSPS) is 20.7. The Balaban J connectivity index is 2.73. The van der Waals surface area contributed by atoms with Crippen molar-refractivity contribution in [3.63, 3.8) is 0 Å². The minimum atomic E-state index is 0.368. The van der Waals surface area contributed by atoms with E-state index in [0.717, 1.165) is 0 Å². The van der Waals surface area contributed by atoms with Crippen LogP contribution in [0.1, 0.15) is 47.5 Å². The molecule has 1 unspecified atom stereocenters. The summed E-state index contributed by atoms with van der Waals surface area (Å²) in [6.07, 6.45) is 2.48. The second-order valence-electron chi connectivity index (χ2n) is 5.52. The van der Waals surface area contributed by atoms with Crippen molar-refractivity contribution in [2.75, 3.05) is 6.54 Å². The van der Waals surface area contributed by atoms with Crippen LogP contribution in [0.4, 0.5) is 0 Å². The van der Waals surface area contributed by atoms with E-state index in [-0.39, 0.29) is 0 Å². The molecule has 1 aliphatic rings. The van der Waals surface area contributed by atoms with Gasteiger partial charge in [-0.3, -0.25) is 0 Å². The van der Waals surface area contributed by atoms with Gasteiger partial charge in [0.15, 0.2) is 0 Å². The SMILES string of the molecule is C=C1CCCN1C(C)C(C)(C)C(C)C. The van der Waals surface area contributed by atoms with Gasteiger partial charge in [0.25, 0.3) is 0 Å². The fourth-order valence-corrected chi connectivity index (χ4v) is 2.11. The predicted molar refractivity (Wildman–Crippen MR) is 63.2 cm³/mol. The van der Waals surface area contributed by atoms with Crippen molar-refractivity contribution < 1.29 is 0 Å². The van der Waals surface area contributed by atoms with Gasteiger partial charge in [-0.25, -0.2) is 0 Å². The van der Waals surface area contributed by atoms with Crippen LogP contribution in [0, 0.1) is 11.3 Å². The van der Waals surface area contributed by atoms with Crippen LogP contribution >= 0.6 is 0 Å². The third kappa shape index (κ3) is 1.97. The van der Waals surface area contributed by atoms with Gasteiger partial charge in [0, 0.05) is 18.3 Å². The van der Waals surface area contributed by atoms with Gasteiger partial charge < -0.3 is 4.90 Å². The molecule has 1 rings (SSSR count). The molecular formula is C13H25N. The highest BCUT2D eigenvalue weighted by Gasteiger charge is 2.35. The number of likely N-dealkylation sites (tertiary alicyclic amines) is 1. The summed E-state index contributed by atoms with van der Waals surface area (Å²) in [5.41, 5.74) is 1.71. The van der Waals surface area contributed by atoms with Gasteiger partial charge in [-0.1, -0.05) is 34.3 Å². The summed E-state index contributed by atoms with van der Waals surface area (Å²) in [6.45, 7) is 17.1. The van der Waals surface area contributed by atoms with Crippen LogP contribution in [0.2, 0.25) is 0 Å². The number of rotatable bonds is 3. The zero-order chi connectivity index (χ0) is 10.9. The van der Waals surface area contributed by atoms with Gasteiger partial charge in [0.05, 0.1) is 0 Å². The van der Waals surface area contributed by atoms with E-state index in [1.54, 1.807) is 0 Å². The third-order valence-electron chi connectivity index (χ3n) is 4.30. The Bertz CT molecular complexity index is 215. The van der Waals surface area contributed by atoms with Gasteiger partial charge in [-0.2, -0.15) is 0 Å². The molecular weight excluding hydrogens is 170 g/mol. The molecule has 0 bridgehead atoms. The van der Waals surface area contributed by atoms with Crippen molar-refractivity contribution in [3.8, 4) is 0 Å². The molecule has 14 heavy (non-hydrogen) atoms. The topological polar surface area (TPSA) is 3.24 Å². The van der Waals surface area contributed by atoms with E-state index < -0.39 is 0 Å². The van der Waals surface area contributed by atoms with Crippen LogP contribution < -0.4 is 0 Å². The van der Waals surface area contributed by atoms with Gasteiger partial charge >= 0.3 is 0 Å². The zero-order valence-electron chi connectivity index (χ0n) is 10.4. The number of allylic oxidation sites excluding steroid dienone is 1. The van der Waals surface area contributed by atoms with Crippen molar-refractivity contribution in [3.05, 3.63) is 12.3 Å². The van der Waals surface area contributed by atoms with Crippen LogP contribution in [0.25, 0.3) is 0 Å². The van der Waals surface area contributed by atoms with Crippen LogP contribution in [-0.2, 0) is 0 Å². The van der Waals surface area contributed by atoms with E-state index in [2.05, 4.69) is 46.1 Å². The van der Waals surface area contributed by atoms with E-state index in [1.165, 1.54) is 25.1 Å².